The maximum atomic E-state index is 12.5. The third kappa shape index (κ3) is 3.65. The third-order valence-electron chi connectivity index (χ3n) is 1.93. The summed E-state index contributed by atoms with van der Waals surface area (Å²) in [7, 11) is 4.84. The molecule has 0 bridgehead atoms. The molecular weight excluding hydrogens is 233 g/mol. The molecule has 0 spiro atoms. The van der Waals surface area contributed by atoms with Crippen molar-refractivity contribution in [2.24, 2.45) is 4.99 Å². The van der Waals surface area contributed by atoms with Crippen LogP contribution in [0.5, 0.6) is 5.75 Å². The Kier molecular flexibility index (Phi) is 3.98. The summed E-state index contributed by atoms with van der Waals surface area (Å²) in [5, 5.41) is 0. The van der Waals surface area contributed by atoms with E-state index in [4.69, 9.17) is 4.74 Å². The topological polar surface area (TPSA) is 24.8 Å². The van der Waals surface area contributed by atoms with Gasteiger partial charge in [0.2, 0.25) is 0 Å². The summed E-state index contributed by atoms with van der Waals surface area (Å²) in [6, 6.07) is 3.18. The number of benzene rings is 1. The second kappa shape index (κ2) is 5.07. The van der Waals surface area contributed by atoms with Crippen LogP contribution in [0.15, 0.2) is 23.2 Å². The van der Waals surface area contributed by atoms with Gasteiger partial charge in [0.05, 0.1) is 19.0 Å². The summed E-state index contributed by atoms with van der Waals surface area (Å²) < 4.78 is 42.4. The SMILES string of the molecule is COc1ccc(C(F)(F)F)cc1/N=C/N(C)C. The number of alkyl halides is 3. The molecule has 0 N–H and O–H groups in total. The van der Waals surface area contributed by atoms with Gasteiger partial charge in [0, 0.05) is 14.1 Å². The molecule has 0 aliphatic carbocycles. The van der Waals surface area contributed by atoms with E-state index in [1.165, 1.54) is 19.5 Å². The van der Waals surface area contributed by atoms with Crippen molar-refractivity contribution in [1.82, 2.24) is 4.90 Å². The highest BCUT2D eigenvalue weighted by atomic mass is 19.4. The van der Waals surface area contributed by atoms with Gasteiger partial charge >= 0.3 is 6.18 Å². The second-order valence-electron chi connectivity index (χ2n) is 3.59. The van der Waals surface area contributed by atoms with Crippen molar-refractivity contribution in [1.29, 1.82) is 0 Å². The molecule has 94 valence electrons. The number of hydrogen-bond acceptors (Lipinski definition) is 2. The zero-order valence-corrected chi connectivity index (χ0v) is 9.75. The van der Waals surface area contributed by atoms with Crippen molar-refractivity contribution in [2.45, 2.75) is 6.18 Å². The van der Waals surface area contributed by atoms with Crippen LogP contribution in [0.4, 0.5) is 18.9 Å². The Balaban J connectivity index is 3.16. The van der Waals surface area contributed by atoms with E-state index >= 15 is 0 Å². The standard InChI is InChI=1S/C11H13F3N2O/c1-16(2)7-15-9-6-8(11(12,13)14)4-5-10(9)17-3/h4-7H,1-3H3/b15-7+. The maximum Gasteiger partial charge on any atom is 0.416 e. The summed E-state index contributed by atoms with van der Waals surface area (Å²) in [4.78, 5) is 5.55. The predicted octanol–water partition coefficient (Wildman–Crippen LogP) is 2.94. The van der Waals surface area contributed by atoms with Gasteiger partial charge in [-0.05, 0) is 18.2 Å². The van der Waals surface area contributed by atoms with Gasteiger partial charge in [-0.25, -0.2) is 4.99 Å². The lowest BCUT2D eigenvalue weighted by Gasteiger charge is -2.10. The zero-order valence-electron chi connectivity index (χ0n) is 9.75. The van der Waals surface area contributed by atoms with E-state index in [2.05, 4.69) is 4.99 Å². The summed E-state index contributed by atoms with van der Waals surface area (Å²) in [5.41, 5.74) is -0.597. The normalized spacial score (nSPS) is 11.9. The van der Waals surface area contributed by atoms with Gasteiger partial charge in [-0.2, -0.15) is 13.2 Å². The molecule has 0 aliphatic heterocycles. The fraction of sp³-hybridized carbons (Fsp3) is 0.364. The van der Waals surface area contributed by atoms with E-state index in [1.807, 2.05) is 0 Å². The van der Waals surface area contributed by atoms with E-state index in [9.17, 15) is 13.2 Å². The van der Waals surface area contributed by atoms with Crippen LogP contribution >= 0.6 is 0 Å². The molecule has 0 aliphatic rings. The Morgan fingerprint density at radius 3 is 2.41 bits per heavy atom. The van der Waals surface area contributed by atoms with Crippen LogP contribution in [0, 0.1) is 0 Å². The summed E-state index contributed by atoms with van der Waals surface area (Å²) in [6.45, 7) is 0. The van der Waals surface area contributed by atoms with Crippen LogP contribution in [-0.2, 0) is 6.18 Å². The number of rotatable bonds is 3. The number of ether oxygens (including phenoxy) is 1. The van der Waals surface area contributed by atoms with Gasteiger partial charge in [0.15, 0.2) is 0 Å². The van der Waals surface area contributed by atoms with Crippen molar-refractivity contribution >= 4 is 12.0 Å². The Labute approximate surface area is 97.5 Å². The average molecular weight is 246 g/mol. The largest absolute Gasteiger partial charge is 0.494 e. The van der Waals surface area contributed by atoms with Crippen LogP contribution in [0.1, 0.15) is 5.56 Å². The molecule has 1 aromatic carbocycles. The summed E-state index contributed by atoms with van der Waals surface area (Å²) in [5.74, 6) is 0.302. The van der Waals surface area contributed by atoms with Crippen LogP contribution in [0.3, 0.4) is 0 Å². The maximum absolute atomic E-state index is 12.5. The van der Waals surface area contributed by atoms with E-state index in [1.54, 1.807) is 19.0 Å². The lowest BCUT2D eigenvalue weighted by molar-refractivity contribution is -0.137. The number of methoxy groups -OCH3 is 1. The van der Waals surface area contributed by atoms with E-state index < -0.39 is 11.7 Å². The molecule has 0 aromatic heterocycles. The molecule has 0 atom stereocenters. The van der Waals surface area contributed by atoms with Gasteiger partial charge in [0.1, 0.15) is 11.4 Å². The Morgan fingerprint density at radius 1 is 1.29 bits per heavy atom. The van der Waals surface area contributed by atoms with E-state index in [0.29, 0.717) is 5.75 Å². The highest BCUT2D eigenvalue weighted by Gasteiger charge is 2.31. The molecule has 0 amide bonds. The van der Waals surface area contributed by atoms with Gasteiger partial charge < -0.3 is 9.64 Å². The molecule has 17 heavy (non-hydrogen) atoms. The monoisotopic (exact) mass is 246 g/mol. The highest BCUT2D eigenvalue weighted by Crippen LogP contribution is 2.36. The smallest absolute Gasteiger partial charge is 0.416 e. The summed E-state index contributed by atoms with van der Waals surface area (Å²) in [6.07, 6.45) is -2.97. The molecule has 0 unspecified atom stereocenters. The fourth-order valence-electron chi connectivity index (χ4n) is 1.14. The van der Waals surface area contributed by atoms with Crippen LogP contribution in [0.2, 0.25) is 0 Å². The quantitative estimate of drug-likeness (QED) is 0.605. The molecule has 3 nitrogen and oxygen atoms in total. The van der Waals surface area contributed by atoms with E-state index in [0.717, 1.165) is 12.1 Å². The minimum Gasteiger partial charge on any atom is -0.494 e. The van der Waals surface area contributed by atoms with Crippen molar-refractivity contribution in [3.8, 4) is 5.75 Å². The molecule has 0 radical (unpaired) electrons. The van der Waals surface area contributed by atoms with Gasteiger partial charge in [-0.15, -0.1) is 0 Å². The predicted molar refractivity (Wildman–Crippen MR) is 59.8 cm³/mol. The number of aliphatic imine (C=N–C) groups is 1. The molecule has 1 rings (SSSR count). The average Bonchev–Trinajstić information content (AvgIpc) is 2.24. The first-order chi connectivity index (χ1) is 7.84. The van der Waals surface area contributed by atoms with Crippen molar-refractivity contribution in [3.63, 3.8) is 0 Å². The molecule has 0 fully saturated rings. The fourth-order valence-corrected chi connectivity index (χ4v) is 1.14. The Bertz CT molecular complexity index is 414. The molecule has 0 saturated heterocycles. The lowest BCUT2D eigenvalue weighted by atomic mass is 10.2. The van der Waals surface area contributed by atoms with Gasteiger partial charge in [-0.3, -0.25) is 0 Å². The molecular formula is C11H13F3N2O. The van der Waals surface area contributed by atoms with Crippen molar-refractivity contribution in [3.05, 3.63) is 23.8 Å². The highest BCUT2D eigenvalue weighted by molar-refractivity contribution is 5.65. The number of hydrogen-bond donors (Lipinski definition) is 0. The first kappa shape index (κ1) is 13.3. The third-order valence-corrected chi connectivity index (χ3v) is 1.93. The summed E-state index contributed by atoms with van der Waals surface area (Å²) >= 11 is 0. The number of halogens is 3. The molecule has 6 heteroatoms. The van der Waals surface area contributed by atoms with E-state index in [-0.39, 0.29) is 5.69 Å². The molecule has 0 heterocycles. The van der Waals surface area contributed by atoms with Crippen LogP contribution in [0.25, 0.3) is 0 Å². The van der Waals surface area contributed by atoms with Gasteiger partial charge in [-0.1, -0.05) is 0 Å². The number of nitrogens with zero attached hydrogens (tertiary/aromatic N) is 2. The second-order valence-corrected chi connectivity index (χ2v) is 3.59. The Hall–Kier alpha value is -1.72. The first-order valence-corrected chi connectivity index (χ1v) is 4.80. The Morgan fingerprint density at radius 2 is 1.94 bits per heavy atom. The zero-order chi connectivity index (χ0) is 13.1. The lowest BCUT2D eigenvalue weighted by Crippen LogP contribution is -2.07. The van der Waals surface area contributed by atoms with Crippen molar-refractivity contribution < 1.29 is 17.9 Å². The first-order valence-electron chi connectivity index (χ1n) is 4.80. The van der Waals surface area contributed by atoms with Crippen molar-refractivity contribution in [2.75, 3.05) is 21.2 Å². The van der Waals surface area contributed by atoms with Crippen LogP contribution in [-0.4, -0.2) is 32.4 Å². The van der Waals surface area contributed by atoms with Crippen LogP contribution < -0.4 is 4.74 Å². The van der Waals surface area contributed by atoms with Gasteiger partial charge in [0.25, 0.3) is 0 Å². The minimum absolute atomic E-state index is 0.149. The minimum atomic E-state index is -4.38. The molecule has 1 aromatic rings. The molecule has 0 saturated carbocycles.